The number of nitrogens with zero attached hydrogens (tertiary/aromatic N) is 1. The van der Waals surface area contributed by atoms with Gasteiger partial charge in [0.25, 0.3) is 0 Å². The maximum atomic E-state index is 13.1. The Hall–Kier alpha value is -1.77. The smallest absolute Gasteiger partial charge is 0.338 e. The van der Waals surface area contributed by atoms with E-state index in [1.807, 2.05) is 11.8 Å². The second kappa shape index (κ2) is 9.38. The van der Waals surface area contributed by atoms with Crippen molar-refractivity contribution < 1.29 is 31.1 Å². The van der Waals surface area contributed by atoms with E-state index < -0.39 is 23.5 Å². The Morgan fingerprint density at radius 2 is 1.58 bits per heavy atom. The molecule has 31 heavy (non-hydrogen) atoms. The molecule has 1 amide bonds. The number of hydrogen-bond donors (Lipinski definition) is 1. The Kier molecular flexibility index (Phi) is 7.23. The van der Waals surface area contributed by atoms with E-state index in [9.17, 15) is 31.1 Å². The molecule has 9 heteroatoms. The van der Waals surface area contributed by atoms with Crippen molar-refractivity contribution in [2.75, 3.05) is 6.54 Å². The molecule has 0 aromatic heterocycles. The van der Waals surface area contributed by atoms with E-state index in [0.717, 1.165) is 50.7 Å². The number of halogens is 6. The van der Waals surface area contributed by atoms with Gasteiger partial charge in [-0.05, 0) is 49.4 Å². The standard InChI is InChI=1S/C22H28F6N2O/c1-2-19-11-18(13-30(19)20(31)15-6-4-3-5-7-15)29-12-14-8-16(21(23,24)25)10-17(9-14)22(26,27)28/h8-10,15,18-19,29H,2-7,11-13H2,1H3/t18-,19+/m0/s1. The minimum atomic E-state index is -4.86. The van der Waals surface area contributed by atoms with Gasteiger partial charge in [-0.1, -0.05) is 26.2 Å². The minimum Gasteiger partial charge on any atom is -0.338 e. The summed E-state index contributed by atoms with van der Waals surface area (Å²) in [5.74, 6) is 0.161. The van der Waals surface area contributed by atoms with Crippen molar-refractivity contribution in [1.82, 2.24) is 10.2 Å². The van der Waals surface area contributed by atoms with Gasteiger partial charge in [-0.25, -0.2) is 0 Å². The summed E-state index contributed by atoms with van der Waals surface area (Å²) < 4.78 is 78.4. The molecule has 0 spiro atoms. The Morgan fingerprint density at radius 1 is 1.00 bits per heavy atom. The maximum absolute atomic E-state index is 13.1. The van der Waals surface area contributed by atoms with Gasteiger partial charge in [0.1, 0.15) is 0 Å². The van der Waals surface area contributed by atoms with Crippen LogP contribution in [0.15, 0.2) is 18.2 Å². The molecule has 2 atom stereocenters. The third-order valence-electron chi connectivity index (χ3n) is 6.37. The summed E-state index contributed by atoms with van der Waals surface area (Å²) in [5.41, 5.74) is -2.70. The van der Waals surface area contributed by atoms with E-state index >= 15 is 0 Å². The normalized spacial score (nSPS) is 23.4. The second-order valence-electron chi connectivity index (χ2n) is 8.62. The summed E-state index contributed by atoms with van der Waals surface area (Å²) >= 11 is 0. The molecule has 1 N–H and O–H groups in total. The molecule has 174 valence electrons. The number of amides is 1. The number of likely N-dealkylation sites (tertiary alicyclic amines) is 1. The average molecular weight is 450 g/mol. The maximum Gasteiger partial charge on any atom is 0.416 e. The Morgan fingerprint density at radius 3 is 2.10 bits per heavy atom. The third-order valence-corrected chi connectivity index (χ3v) is 6.37. The third kappa shape index (κ3) is 5.93. The first-order valence-electron chi connectivity index (χ1n) is 10.8. The summed E-state index contributed by atoms with van der Waals surface area (Å²) in [4.78, 5) is 14.8. The molecule has 1 aromatic rings. The zero-order valence-electron chi connectivity index (χ0n) is 17.5. The van der Waals surface area contributed by atoms with Gasteiger partial charge in [-0.3, -0.25) is 4.79 Å². The van der Waals surface area contributed by atoms with Crippen LogP contribution in [0.2, 0.25) is 0 Å². The van der Waals surface area contributed by atoms with E-state index in [0.29, 0.717) is 13.0 Å². The van der Waals surface area contributed by atoms with Crippen LogP contribution >= 0.6 is 0 Å². The molecule has 1 saturated carbocycles. The first-order valence-corrected chi connectivity index (χ1v) is 10.8. The van der Waals surface area contributed by atoms with E-state index in [1.54, 1.807) is 0 Å². The van der Waals surface area contributed by atoms with Crippen molar-refractivity contribution in [2.24, 2.45) is 5.92 Å². The van der Waals surface area contributed by atoms with E-state index in [4.69, 9.17) is 0 Å². The molecule has 1 saturated heterocycles. The predicted octanol–water partition coefficient (Wildman–Crippen LogP) is 5.77. The van der Waals surface area contributed by atoms with Crippen LogP contribution in [0.25, 0.3) is 0 Å². The van der Waals surface area contributed by atoms with Crippen molar-refractivity contribution in [3.8, 4) is 0 Å². The average Bonchev–Trinajstić information content (AvgIpc) is 3.14. The van der Waals surface area contributed by atoms with Crippen molar-refractivity contribution in [2.45, 2.75) is 82.9 Å². The number of carbonyl (C=O) groups is 1. The SMILES string of the molecule is CC[C@@H]1C[C@H](NCc2cc(C(F)(F)F)cc(C(F)(F)F)c2)CN1C(=O)C1CCCCC1. The predicted molar refractivity (Wildman–Crippen MR) is 104 cm³/mol. The quantitative estimate of drug-likeness (QED) is 0.578. The molecule has 1 aliphatic heterocycles. The molecule has 1 heterocycles. The number of rotatable bonds is 5. The van der Waals surface area contributed by atoms with Gasteiger partial charge in [0.2, 0.25) is 5.91 Å². The fourth-order valence-electron chi connectivity index (χ4n) is 4.69. The summed E-state index contributed by atoms with van der Waals surface area (Å²) in [5, 5.41) is 3.08. The highest BCUT2D eigenvalue weighted by Gasteiger charge is 2.38. The van der Waals surface area contributed by atoms with E-state index in [1.165, 1.54) is 0 Å². The lowest BCUT2D eigenvalue weighted by Crippen LogP contribution is -2.41. The van der Waals surface area contributed by atoms with Crippen LogP contribution < -0.4 is 5.32 Å². The van der Waals surface area contributed by atoms with Crippen molar-refractivity contribution in [1.29, 1.82) is 0 Å². The van der Waals surface area contributed by atoms with Crippen LogP contribution in [0.4, 0.5) is 26.3 Å². The Balaban J connectivity index is 1.69. The van der Waals surface area contributed by atoms with Crippen LogP contribution in [0.1, 0.15) is 68.6 Å². The van der Waals surface area contributed by atoms with Gasteiger partial charge in [-0.2, -0.15) is 26.3 Å². The van der Waals surface area contributed by atoms with Gasteiger partial charge in [0.15, 0.2) is 0 Å². The molecule has 2 aliphatic rings. The van der Waals surface area contributed by atoms with Crippen molar-refractivity contribution >= 4 is 5.91 Å². The lowest BCUT2D eigenvalue weighted by atomic mass is 9.88. The first kappa shape index (κ1) is 23.9. The summed E-state index contributed by atoms with van der Waals surface area (Å²) in [7, 11) is 0. The Bertz CT molecular complexity index is 738. The molecule has 0 unspecified atom stereocenters. The molecule has 1 aliphatic carbocycles. The summed E-state index contributed by atoms with van der Waals surface area (Å²) in [6, 6.07) is 1.51. The van der Waals surface area contributed by atoms with Gasteiger partial charge in [-0.15, -0.1) is 0 Å². The highest BCUT2D eigenvalue weighted by molar-refractivity contribution is 5.79. The molecule has 2 fully saturated rings. The highest BCUT2D eigenvalue weighted by atomic mass is 19.4. The summed E-state index contributed by atoms with van der Waals surface area (Å²) in [6.07, 6.45) is -3.33. The van der Waals surface area contributed by atoms with Crippen LogP contribution in [0, 0.1) is 5.92 Å². The molecular formula is C22H28F6N2O. The largest absolute Gasteiger partial charge is 0.416 e. The van der Waals surface area contributed by atoms with E-state index in [-0.39, 0.29) is 42.1 Å². The number of alkyl halides is 6. The van der Waals surface area contributed by atoms with Crippen LogP contribution in [-0.4, -0.2) is 29.4 Å². The fraction of sp³-hybridized carbons (Fsp3) is 0.682. The van der Waals surface area contributed by atoms with Gasteiger partial charge in [0.05, 0.1) is 11.1 Å². The molecule has 0 radical (unpaired) electrons. The fourth-order valence-corrected chi connectivity index (χ4v) is 4.69. The lowest BCUT2D eigenvalue weighted by Gasteiger charge is -2.30. The highest BCUT2D eigenvalue weighted by Crippen LogP contribution is 2.36. The number of benzene rings is 1. The van der Waals surface area contributed by atoms with Crippen molar-refractivity contribution in [3.63, 3.8) is 0 Å². The van der Waals surface area contributed by atoms with E-state index in [2.05, 4.69) is 5.32 Å². The molecule has 1 aromatic carbocycles. The number of nitrogens with one attached hydrogen (secondary N) is 1. The zero-order chi connectivity index (χ0) is 22.8. The van der Waals surface area contributed by atoms with Crippen LogP contribution in [0.3, 0.4) is 0 Å². The Labute approximate surface area is 178 Å². The zero-order valence-corrected chi connectivity index (χ0v) is 17.5. The summed E-state index contributed by atoms with van der Waals surface area (Å²) in [6.45, 7) is 2.29. The van der Waals surface area contributed by atoms with Crippen LogP contribution in [-0.2, 0) is 23.7 Å². The van der Waals surface area contributed by atoms with Gasteiger partial charge < -0.3 is 10.2 Å². The molecular weight excluding hydrogens is 422 g/mol. The lowest BCUT2D eigenvalue weighted by molar-refractivity contribution is -0.143. The molecule has 0 bridgehead atoms. The molecule has 3 rings (SSSR count). The van der Waals surface area contributed by atoms with Crippen LogP contribution in [0.5, 0.6) is 0 Å². The van der Waals surface area contributed by atoms with Crippen molar-refractivity contribution in [3.05, 3.63) is 34.9 Å². The topological polar surface area (TPSA) is 32.3 Å². The molecule has 3 nitrogen and oxygen atoms in total. The number of hydrogen-bond acceptors (Lipinski definition) is 2. The van der Waals surface area contributed by atoms with Gasteiger partial charge in [0, 0.05) is 31.1 Å². The monoisotopic (exact) mass is 450 g/mol. The second-order valence-corrected chi connectivity index (χ2v) is 8.62. The van der Waals surface area contributed by atoms with Gasteiger partial charge >= 0.3 is 12.4 Å². The number of carbonyl (C=O) groups excluding carboxylic acids is 1. The first-order chi connectivity index (χ1) is 14.5. The minimum absolute atomic E-state index is 0.0272.